The van der Waals surface area contributed by atoms with Gasteiger partial charge in [0, 0.05) is 19.7 Å². The topological polar surface area (TPSA) is 70.7 Å². The largest absolute Gasteiger partial charge is 0.497 e. The number of nitrogens with zero attached hydrogens (tertiary/aromatic N) is 1. The van der Waals surface area contributed by atoms with Gasteiger partial charge < -0.3 is 10.1 Å². The minimum absolute atomic E-state index is 0.298. The predicted octanol–water partition coefficient (Wildman–Crippen LogP) is 1.55. The van der Waals surface area contributed by atoms with Gasteiger partial charge in [0.05, 0.1) is 17.8 Å². The summed E-state index contributed by atoms with van der Waals surface area (Å²) in [6.45, 7) is 1.16. The van der Waals surface area contributed by atoms with Crippen LogP contribution < -0.4 is 14.8 Å². The van der Waals surface area contributed by atoms with Gasteiger partial charge in [-0.05, 0) is 32.1 Å². The highest BCUT2D eigenvalue weighted by Crippen LogP contribution is 2.27. The molecule has 0 aliphatic rings. The average molecular weight is 322 g/mol. The maximum atomic E-state index is 12.1. The van der Waals surface area contributed by atoms with Gasteiger partial charge in [-0.15, -0.1) is 0 Å². The summed E-state index contributed by atoms with van der Waals surface area (Å²) in [5, 5.41) is 3.29. The summed E-state index contributed by atoms with van der Waals surface area (Å²) in [6, 6.07) is 4.79. The maximum Gasteiger partial charge on any atom is 0.301 e. The summed E-state index contributed by atoms with van der Waals surface area (Å²) in [6.07, 6.45) is 0.722. The number of halogens is 1. The number of benzene rings is 1. The molecule has 0 radical (unpaired) electrons. The van der Waals surface area contributed by atoms with Crippen LogP contribution in [0, 0.1) is 0 Å². The fourth-order valence-electron chi connectivity index (χ4n) is 1.53. The number of anilines is 1. The summed E-state index contributed by atoms with van der Waals surface area (Å²) < 4.78 is 33.0. The molecule has 6 nitrogen and oxygen atoms in total. The molecule has 0 heterocycles. The van der Waals surface area contributed by atoms with Crippen LogP contribution in [0.1, 0.15) is 6.42 Å². The third kappa shape index (κ3) is 4.82. The second-order valence-corrected chi connectivity index (χ2v) is 6.42. The van der Waals surface area contributed by atoms with Gasteiger partial charge in [-0.1, -0.05) is 11.6 Å². The molecule has 0 aliphatic carbocycles. The van der Waals surface area contributed by atoms with Crippen LogP contribution in [0.25, 0.3) is 0 Å². The lowest BCUT2D eigenvalue weighted by molar-refractivity contribution is 0.415. The van der Waals surface area contributed by atoms with Gasteiger partial charge in [0.1, 0.15) is 5.75 Å². The van der Waals surface area contributed by atoms with Crippen molar-refractivity contribution in [3.8, 4) is 5.75 Å². The molecule has 8 heteroatoms. The number of ether oxygens (including phenoxy) is 1. The highest BCUT2D eigenvalue weighted by atomic mass is 35.5. The van der Waals surface area contributed by atoms with E-state index in [1.165, 1.54) is 18.5 Å². The number of hydrogen-bond acceptors (Lipinski definition) is 4. The normalized spacial score (nSPS) is 11.7. The van der Waals surface area contributed by atoms with E-state index in [1.807, 2.05) is 7.05 Å². The van der Waals surface area contributed by atoms with Crippen LogP contribution in [0.4, 0.5) is 5.69 Å². The highest BCUT2D eigenvalue weighted by Gasteiger charge is 2.18. The minimum Gasteiger partial charge on any atom is -0.497 e. The van der Waals surface area contributed by atoms with E-state index in [0.29, 0.717) is 23.0 Å². The molecular formula is C12H20ClN3O3S. The first kappa shape index (κ1) is 17.0. The first-order chi connectivity index (χ1) is 9.40. The first-order valence-electron chi connectivity index (χ1n) is 6.13. The molecule has 0 aliphatic heterocycles. The van der Waals surface area contributed by atoms with Crippen LogP contribution in [0.2, 0.25) is 5.02 Å². The molecule has 0 amide bonds. The molecule has 1 rings (SSSR count). The van der Waals surface area contributed by atoms with E-state index < -0.39 is 10.2 Å². The van der Waals surface area contributed by atoms with Gasteiger partial charge in [0.25, 0.3) is 0 Å². The van der Waals surface area contributed by atoms with Crippen molar-refractivity contribution in [1.82, 2.24) is 9.62 Å². The van der Waals surface area contributed by atoms with Crippen LogP contribution >= 0.6 is 11.6 Å². The predicted molar refractivity (Wildman–Crippen MR) is 81.7 cm³/mol. The van der Waals surface area contributed by atoms with E-state index in [-0.39, 0.29) is 0 Å². The molecule has 0 spiro atoms. The van der Waals surface area contributed by atoms with E-state index in [2.05, 4.69) is 10.0 Å². The van der Waals surface area contributed by atoms with Gasteiger partial charge in [0.2, 0.25) is 0 Å². The zero-order valence-corrected chi connectivity index (χ0v) is 13.4. The van der Waals surface area contributed by atoms with E-state index in [4.69, 9.17) is 16.3 Å². The smallest absolute Gasteiger partial charge is 0.301 e. The van der Waals surface area contributed by atoms with Gasteiger partial charge in [-0.3, -0.25) is 4.72 Å². The second kappa shape index (κ2) is 7.68. The molecule has 114 valence electrons. The second-order valence-electron chi connectivity index (χ2n) is 4.23. The number of methoxy groups -OCH3 is 1. The van der Waals surface area contributed by atoms with Crippen molar-refractivity contribution in [2.45, 2.75) is 6.42 Å². The molecule has 1 aromatic carbocycles. The number of hydrogen-bond donors (Lipinski definition) is 2. The Morgan fingerprint density at radius 2 is 2.10 bits per heavy atom. The molecule has 0 bridgehead atoms. The van der Waals surface area contributed by atoms with Crippen LogP contribution in [0.15, 0.2) is 18.2 Å². The molecule has 0 saturated heterocycles. The Morgan fingerprint density at radius 1 is 1.40 bits per heavy atom. The van der Waals surface area contributed by atoms with Crippen molar-refractivity contribution in [3.05, 3.63) is 23.2 Å². The summed E-state index contributed by atoms with van der Waals surface area (Å²) in [5.41, 5.74) is 0.298. The number of nitrogens with one attached hydrogen (secondary N) is 2. The molecule has 1 aromatic rings. The quantitative estimate of drug-likeness (QED) is 0.713. The zero-order valence-electron chi connectivity index (χ0n) is 11.8. The Hall–Kier alpha value is -1.02. The molecule has 0 saturated carbocycles. The molecule has 20 heavy (non-hydrogen) atoms. The standard InChI is InChI=1S/C12H20ClN3O3S/c1-14-7-4-8-16(2)20(17,18)15-12-9-10(19-3)5-6-11(12)13/h5-6,9,14-15H,4,7-8H2,1-3H3. The summed E-state index contributed by atoms with van der Waals surface area (Å²) in [5.74, 6) is 0.532. The number of rotatable bonds is 8. The molecule has 2 N–H and O–H groups in total. The van der Waals surface area contributed by atoms with E-state index in [1.54, 1.807) is 18.2 Å². The molecule has 0 aromatic heterocycles. The van der Waals surface area contributed by atoms with Crippen molar-refractivity contribution in [2.75, 3.05) is 39.0 Å². The fourth-order valence-corrected chi connectivity index (χ4v) is 2.72. The minimum atomic E-state index is -3.63. The zero-order chi connectivity index (χ0) is 15.2. The maximum absolute atomic E-state index is 12.1. The summed E-state index contributed by atoms with van der Waals surface area (Å²) in [7, 11) is 1.22. The van der Waals surface area contributed by atoms with Crippen molar-refractivity contribution in [1.29, 1.82) is 0 Å². The first-order valence-corrected chi connectivity index (χ1v) is 7.94. The van der Waals surface area contributed by atoms with Gasteiger partial charge in [0.15, 0.2) is 0 Å². The van der Waals surface area contributed by atoms with E-state index in [9.17, 15) is 8.42 Å². The highest BCUT2D eigenvalue weighted by molar-refractivity contribution is 7.90. The summed E-state index contributed by atoms with van der Waals surface area (Å²) >= 11 is 5.98. The SMILES string of the molecule is CNCCCN(C)S(=O)(=O)Nc1cc(OC)ccc1Cl. The van der Waals surface area contributed by atoms with Crippen LogP contribution in [0.5, 0.6) is 5.75 Å². The Bertz CT molecular complexity index is 537. The Balaban J connectivity index is 2.79. The lowest BCUT2D eigenvalue weighted by Gasteiger charge is -2.19. The van der Waals surface area contributed by atoms with E-state index >= 15 is 0 Å². The molecule has 0 unspecified atom stereocenters. The van der Waals surface area contributed by atoms with Gasteiger partial charge in [-0.2, -0.15) is 12.7 Å². The lowest BCUT2D eigenvalue weighted by atomic mass is 10.3. The van der Waals surface area contributed by atoms with Gasteiger partial charge >= 0.3 is 10.2 Å². The lowest BCUT2D eigenvalue weighted by Crippen LogP contribution is -2.34. The fraction of sp³-hybridized carbons (Fsp3) is 0.500. The van der Waals surface area contributed by atoms with Crippen LogP contribution in [-0.4, -0.2) is 47.0 Å². The Morgan fingerprint density at radius 3 is 2.70 bits per heavy atom. The third-order valence-corrected chi connectivity index (χ3v) is 4.53. The Kier molecular flexibility index (Phi) is 6.54. The van der Waals surface area contributed by atoms with E-state index in [0.717, 1.165) is 13.0 Å². The van der Waals surface area contributed by atoms with Crippen molar-refractivity contribution >= 4 is 27.5 Å². The van der Waals surface area contributed by atoms with Crippen LogP contribution in [0.3, 0.4) is 0 Å². The average Bonchev–Trinajstić information content (AvgIpc) is 2.41. The van der Waals surface area contributed by atoms with Crippen molar-refractivity contribution < 1.29 is 13.2 Å². The molecular weight excluding hydrogens is 302 g/mol. The summed E-state index contributed by atoms with van der Waals surface area (Å²) in [4.78, 5) is 0. The van der Waals surface area contributed by atoms with Gasteiger partial charge in [-0.25, -0.2) is 0 Å². The molecule has 0 fully saturated rings. The van der Waals surface area contributed by atoms with Crippen LogP contribution in [-0.2, 0) is 10.2 Å². The molecule has 0 atom stereocenters. The monoisotopic (exact) mass is 321 g/mol. The van der Waals surface area contributed by atoms with Crippen molar-refractivity contribution in [2.24, 2.45) is 0 Å². The van der Waals surface area contributed by atoms with Crippen molar-refractivity contribution in [3.63, 3.8) is 0 Å². The third-order valence-electron chi connectivity index (χ3n) is 2.72. The Labute approximate surface area is 125 Å².